The van der Waals surface area contributed by atoms with Crippen LogP contribution in [0.15, 0.2) is 28.2 Å². The number of carbonyl (C=O) groups is 1. The lowest BCUT2D eigenvalue weighted by Gasteiger charge is -2.11. The van der Waals surface area contributed by atoms with Crippen LogP contribution < -0.4 is 11.0 Å². The highest BCUT2D eigenvalue weighted by molar-refractivity contribution is 7.99. The molecule has 3 rings (SSSR count). The van der Waals surface area contributed by atoms with Crippen molar-refractivity contribution in [1.82, 2.24) is 14.8 Å². The Labute approximate surface area is 154 Å². The molecule has 7 nitrogen and oxygen atoms in total. The summed E-state index contributed by atoms with van der Waals surface area (Å²) in [6.45, 7) is 3.07. The van der Waals surface area contributed by atoms with Crippen LogP contribution in [0.2, 0.25) is 5.02 Å². The van der Waals surface area contributed by atoms with Crippen molar-refractivity contribution in [2.75, 3.05) is 17.7 Å². The van der Waals surface area contributed by atoms with E-state index in [0.717, 1.165) is 25.0 Å². The van der Waals surface area contributed by atoms with Crippen LogP contribution in [0.5, 0.6) is 0 Å². The smallest absolute Gasteiger partial charge is 0.344 e. The van der Waals surface area contributed by atoms with Crippen molar-refractivity contribution in [3.63, 3.8) is 0 Å². The van der Waals surface area contributed by atoms with Crippen LogP contribution in [0, 0.1) is 6.92 Å². The molecule has 134 valence electrons. The summed E-state index contributed by atoms with van der Waals surface area (Å²) in [6, 6.07) is 5.33. The predicted molar refractivity (Wildman–Crippen MR) is 97.4 cm³/mol. The van der Waals surface area contributed by atoms with Crippen molar-refractivity contribution in [3.8, 4) is 0 Å². The molecule has 0 aliphatic carbocycles. The molecule has 1 fully saturated rings. The number of carbonyl (C=O) groups excluding carboxylic acids is 1. The Morgan fingerprint density at radius 1 is 1.56 bits per heavy atom. The lowest BCUT2D eigenvalue weighted by Crippen LogP contribution is -2.25. The van der Waals surface area contributed by atoms with E-state index in [1.54, 1.807) is 12.1 Å². The van der Waals surface area contributed by atoms with Gasteiger partial charge in [0.15, 0.2) is 5.16 Å². The van der Waals surface area contributed by atoms with E-state index in [4.69, 9.17) is 16.3 Å². The van der Waals surface area contributed by atoms with Crippen molar-refractivity contribution in [3.05, 3.63) is 39.3 Å². The third-order valence-corrected chi connectivity index (χ3v) is 5.15. The van der Waals surface area contributed by atoms with Gasteiger partial charge in [0.1, 0.15) is 0 Å². The number of H-pyrrole nitrogens is 1. The van der Waals surface area contributed by atoms with E-state index in [-0.39, 0.29) is 23.5 Å². The first kappa shape index (κ1) is 18.0. The summed E-state index contributed by atoms with van der Waals surface area (Å²) >= 11 is 7.17. The van der Waals surface area contributed by atoms with Gasteiger partial charge >= 0.3 is 5.69 Å². The number of nitrogens with zero attached hydrogens (tertiary/aromatic N) is 2. The minimum Gasteiger partial charge on any atom is -0.376 e. The van der Waals surface area contributed by atoms with Crippen molar-refractivity contribution >= 4 is 35.0 Å². The minimum atomic E-state index is -0.288. The van der Waals surface area contributed by atoms with Gasteiger partial charge in [-0.3, -0.25) is 9.36 Å². The number of aromatic nitrogens is 3. The summed E-state index contributed by atoms with van der Waals surface area (Å²) in [4.78, 5) is 24.1. The van der Waals surface area contributed by atoms with E-state index in [0.29, 0.717) is 22.4 Å². The topological polar surface area (TPSA) is 89.0 Å². The zero-order valence-corrected chi connectivity index (χ0v) is 15.3. The number of nitrogens with one attached hydrogen (secondary N) is 2. The molecule has 1 amide bonds. The van der Waals surface area contributed by atoms with Gasteiger partial charge in [0.05, 0.1) is 18.4 Å². The van der Waals surface area contributed by atoms with Gasteiger partial charge in [-0.1, -0.05) is 29.4 Å². The van der Waals surface area contributed by atoms with Gasteiger partial charge in [-0.05, 0) is 37.5 Å². The summed E-state index contributed by atoms with van der Waals surface area (Å²) < 4.78 is 7.09. The van der Waals surface area contributed by atoms with Crippen LogP contribution in [-0.4, -0.2) is 39.1 Å². The van der Waals surface area contributed by atoms with Gasteiger partial charge < -0.3 is 10.1 Å². The Kier molecular flexibility index (Phi) is 5.82. The van der Waals surface area contributed by atoms with Gasteiger partial charge in [-0.25, -0.2) is 9.89 Å². The van der Waals surface area contributed by atoms with Crippen molar-refractivity contribution in [1.29, 1.82) is 0 Å². The van der Waals surface area contributed by atoms with Gasteiger partial charge in [0.2, 0.25) is 5.91 Å². The Morgan fingerprint density at radius 3 is 3.16 bits per heavy atom. The maximum absolute atomic E-state index is 12.2. The van der Waals surface area contributed by atoms with Crippen molar-refractivity contribution in [2.45, 2.75) is 37.6 Å². The fraction of sp³-hybridized carbons (Fsp3) is 0.438. The number of aromatic amines is 1. The molecule has 2 heterocycles. The first-order valence-corrected chi connectivity index (χ1v) is 9.35. The monoisotopic (exact) mass is 382 g/mol. The molecule has 9 heteroatoms. The van der Waals surface area contributed by atoms with Crippen LogP contribution in [0.4, 0.5) is 5.69 Å². The molecule has 2 N–H and O–H groups in total. The normalized spacial score (nSPS) is 17.0. The number of ether oxygens (including phenoxy) is 1. The Hall–Kier alpha value is -1.77. The van der Waals surface area contributed by atoms with Crippen molar-refractivity contribution < 1.29 is 9.53 Å². The number of rotatable bonds is 6. The number of hydrogen-bond donors (Lipinski definition) is 2. The van der Waals surface area contributed by atoms with Crippen LogP contribution in [0.25, 0.3) is 0 Å². The molecule has 0 bridgehead atoms. The molecule has 1 atom stereocenters. The molecular formula is C16H19ClN4O3S. The SMILES string of the molecule is Cc1ccc(Cl)cc1NC(=O)CSc1n[nH]c(=O)n1CC1CCCO1. The molecule has 1 aromatic carbocycles. The van der Waals surface area contributed by atoms with E-state index in [1.807, 2.05) is 13.0 Å². The minimum absolute atomic E-state index is 0.0255. The van der Waals surface area contributed by atoms with Gasteiger partial charge in [-0.15, -0.1) is 5.10 Å². The first-order chi connectivity index (χ1) is 12.0. The fourth-order valence-corrected chi connectivity index (χ4v) is 3.54. The van der Waals surface area contributed by atoms with E-state index in [9.17, 15) is 9.59 Å². The first-order valence-electron chi connectivity index (χ1n) is 7.98. The van der Waals surface area contributed by atoms with Crippen LogP contribution in [0.1, 0.15) is 18.4 Å². The molecule has 0 radical (unpaired) electrons. The van der Waals surface area contributed by atoms with Gasteiger partial charge in [-0.2, -0.15) is 0 Å². The summed E-state index contributed by atoms with van der Waals surface area (Å²) in [5.74, 6) is -0.0450. The van der Waals surface area contributed by atoms with Crippen LogP contribution in [0.3, 0.4) is 0 Å². The van der Waals surface area contributed by atoms with Gasteiger partial charge in [0.25, 0.3) is 0 Å². The average Bonchev–Trinajstić information content (AvgIpc) is 3.21. The number of hydrogen-bond acceptors (Lipinski definition) is 5. The molecular weight excluding hydrogens is 364 g/mol. The summed E-state index contributed by atoms with van der Waals surface area (Å²) in [6.07, 6.45) is 1.95. The Morgan fingerprint density at radius 2 is 2.40 bits per heavy atom. The van der Waals surface area contributed by atoms with E-state index in [1.165, 1.54) is 16.3 Å². The molecule has 25 heavy (non-hydrogen) atoms. The van der Waals surface area contributed by atoms with E-state index >= 15 is 0 Å². The molecule has 2 aromatic rings. The lowest BCUT2D eigenvalue weighted by atomic mass is 10.2. The van der Waals surface area contributed by atoms with E-state index in [2.05, 4.69) is 15.5 Å². The number of amides is 1. The zero-order chi connectivity index (χ0) is 17.8. The third-order valence-electron chi connectivity index (χ3n) is 3.94. The molecule has 1 unspecified atom stereocenters. The highest BCUT2D eigenvalue weighted by Gasteiger charge is 2.20. The summed E-state index contributed by atoms with van der Waals surface area (Å²) in [5.41, 5.74) is 1.32. The van der Waals surface area contributed by atoms with Crippen LogP contribution >= 0.6 is 23.4 Å². The Balaban J connectivity index is 1.60. The number of anilines is 1. The number of halogens is 1. The standard InChI is InChI=1S/C16H19ClN4O3S/c1-10-4-5-11(17)7-13(10)18-14(22)9-25-16-20-19-15(23)21(16)8-12-3-2-6-24-12/h4-5,7,12H,2-3,6,8-9H2,1H3,(H,18,22)(H,19,23). The second kappa shape index (κ2) is 8.07. The predicted octanol–water partition coefficient (Wildman–Crippen LogP) is 2.44. The Bertz CT molecular complexity index is 814. The molecule has 1 saturated heterocycles. The van der Waals surface area contributed by atoms with Crippen LogP contribution in [-0.2, 0) is 16.1 Å². The zero-order valence-electron chi connectivity index (χ0n) is 13.8. The molecule has 0 spiro atoms. The molecule has 1 aromatic heterocycles. The summed E-state index contributed by atoms with van der Waals surface area (Å²) in [5, 5.41) is 10.3. The second-order valence-electron chi connectivity index (χ2n) is 5.85. The highest BCUT2D eigenvalue weighted by atomic mass is 35.5. The lowest BCUT2D eigenvalue weighted by molar-refractivity contribution is -0.113. The molecule has 1 aliphatic rings. The fourth-order valence-electron chi connectivity index (χ4n) is 2.61. The maximum Gasteiger partial charge on any atom is 0.344 e. The number of aryl methyl sites for hydroxylation is 1. The highest BCUT2D eigenvalue weighted by Crippen LogP contribution is 2.22. The molecule has 1 aliphatic heterocycles. The summed E-state index contributed by atoms with van der Waals surface area (Å²) in [7, 11) is 0. The average molecular weight is 383 g/mol. The maximum atomic E-state index is 12.2. The van der Waals surface area contributed by atoms with Crippen molar-refractivity contribution in [2.24, 2.45) is 0 Å². The molecule has 0 saturated carbocycles. The third kappa shape index (κ3) is 4.65. The van der Waals surface area contributed by atoms with Gasteiger partial charge in [0, 0.05) is 17.3 Å². The number of benzene rings is 1. The largest absolute Gasteiger partial charge is 0.376 e. The quantitative estimate of drug-likeness (QED) is 0.749. The van der Waals surface area contributed by atoms with E-state index < -0.39 is 0 Å². The second-order valence-corrected chi connectivity index (χ2v) is 7.23. The number of thioether (sulfide) groups is 1.